The Hall–Kier alpha value is -2.57. The van der Waals surface area contributed by atoms with Crippen LogP contribution in [0.1, 0.15) is 25.0 Å². The average Bonchev–Trinajstić information content (AvgIpc) is 2.58. The fourth-order valence-electron chi connectivity index (χ4n) is 2.36. The summed E-state index contributed by atoms with van der Waals surface area (Å²) in [5.41, 5.74) is -0.945. The van der Waals surface area contributed by atoms with Gasteiger partial charge < -0.3 is 10.1 Å². The molecule has 0 aromatic heterocycles. The first kappa shape index (κ1) is 19.8. The number of benzene rings is 2. The van der Waals surface area contributed by atoms with E-state index in [1.165, 1.54) is 6.07 Å². The molecule has 26 heavy (non-hydrogen) atoms. The van der Waals surface area contributed by atoms with Crippen molar-refractivity contribution in [3.05, 3.63) is 65.5 Å². The van der Waals surface area contributed by atoms with Gasteiger partial charge >= 0.3 is 6.18 Å². The third-order valence-electron chi connectivity index (χ3n) is 3.88. The van der Waals surface area contributed by atoms with E-state index in [2.05, 4.69) is 5.32 Å². The van der Waals surface area contributed by atoms with Gasteiger partial charge in [0, 0.05) is 12.0 Å². The van der Waals surface area contributed by atoms with Crippen LogP contribution in [0, 0.1) is 5.82 Å². The number of ether oxygens (including phenoxy) is 1. The second-order valence-corrected chi connectivity index (χ2v) is 6.45. The summed E-state index contributed by atoms with van der Waals surface area (Å²) >= 11 is 0. The maximum absolute atomic E-state index is 13.9. The smallest absolute Gasteiger partial charge is 0.416 e. The lowest BCUT2D eigenvalue weighted by Gasteiger charge is -2.26. The third-order valence-corrected chi connectivity index (χ3v) is 3.88. The quantitative estimate of drug-likeness (QED) is 0.771. The zero-order valence-electron chi connectivity index (χ0n) is 14.4. The van der Waals surface area contributed by atoms with Gasteiger partial charge in [0.2, 0.25) is 0 Å². The second-order valence-electron chi connectivity index (χ2n) is 6.45. The minimum atomic E-state index is -4.42. The van der Waals surface area contributed by atoms with E-state index < -0.39 is 23.1 Å². The average molecular weight is 369 g/mol. The highest BCUT2D eigenvalue weighted by atomic mass is 19.4. The minimum absolute atomic E-state index is 0.154. The summed E-state index contributed by atoms with van der Waals surface area (Å²) in [4.78, 5) is 11.9. The van der Waals surface area contributed by atoms with Crippen molar-refractivity contribution < 1.29 is 27.1 Å². The highest BCUT2D eigenvalue weighted by molar-refractivity contribution is 5.77. The molecule has 0 saturated heterocycles. The molecule has 0 aliphatic heterocycles. The second kappa shape index (κ2) is 7.76. The van der Waals surface area contributed by atoms with Crippen molar-refractivity contribution in [1.82, 2.24) is 5.32 Å². The summed E-state index contributed by atoms with van der Waals surface area (Å²) in [6, 6.07) is 10.4. The summed E-state index contributed by atoms with van der Waals surface area (Å²) < 4.78 is 56.5. The van der Waals surface area contributed by atoms with E-state index in [0.717, 1.165) is 24.3 Å². The molecule has 0 saturated carbocycles. The molecule has 0 aliphatic rings. The molecule has 2 rings (SSSR count). The summed E-state index contributed by atoms with van der Waals surface area (Å²) in [6.45, 7) is 3.42. The molecule has 0 heterocycles. The molecule has 0 radical (unpaired) electrons. The lowest BCUT2D eigenvalue weighted by atomic mass is 9.84. The van der Waals surface area contributed by atoms with Gasteiger partial charge in [0.15, 0.2) is 6.61 Å². The van der Waals surface area contributed by atoms with Crippen LogP contribution in [-0.4, -0.2) is 19.1 Å². The van der Waals surface area contributed by atoms with E-state index in [0.29, 0.717) is 5.56 Å². The molecule has 0 aliphatic carbocycles. The van der Waals surface area contributed by atoms with E-state index in [9.17, 15) is 22.4 Å². The highest BCUT2D eigenvalue weighted by Crippen LogP contribution is 2.30. The molecular formula is C19H19F4NO2. The Labute approximate surface area is 149 Å². The Morgan fingerprint density at radius 2 is 1.65 bits per heavy atom. The zero-order valence-corrected chi connectivity index (χ0v) is 14.4. The highest BCUT2D eigenvalue weighted by Gasteiger charge is 2.30. The molecule has 0 unspecified atom stereocenters. The molecule has 0 bridgehead atoms. The van der Waals surface area contributed by atoms with Crippen LogP contribution in [0.2, 0.25) is 0 Å². The third kappa shape index (κ3) is 5.21. The van der Waals surface area contributed by atoms with Gasteiger partial charge in [0.25, 0.3) is 5.91 Å². The van der Waals surface area contributed by atoms with Gasteiger partial charge in [-0.1, -0.05) is 32.0 Å². The predicted octanol–water partition coefficient (Wildman–Crippen LogP) is 4.32. The number of rotatable bonds is 6. The zero-order chi connectivity index (χ0) is 19.4. The Bertz CT molecular complexity index is 755. The first-order valence-corrected chi connectivity index (χ1v) is 7.91. The van der Waals surface area contributed by atoms with Gasteiger partial charge in [0.05, 0.1) is 5.56 Å². The fourth-order valence-corrected chi connectivity index (χ4v) is 2.36. The molecule has 140 valence electrons. The molecule has 0 fully saturated rings. The van der Waals surface area contributed by atoms with Gasteiger partial charge in [0.1, 0.15) is 11.6 Å². The molecule has 3 nitrogen and oxygen atoms in total. The summed E-state index contributed by atoms with van der Waals surface area (Å²) in [5, 5.41) is 2.64. The number of amides is 1. The maximum Gasteiger partial charge on any atom is 0.416 e. The standard InChI is InChI=1S/C19H19F4NO2/c1-18(2,15-5-3-4-6-16(15)20)12-24-17(25)11-26-14-9-7-13(8-10-14)19(21,22)23/h3-10H,11-12H2,1-2H3,(H,24,25). The first-order chi connectivity index (χ1) is 12.1. The molecule has 0 spiro atoms. The summed E-state index contributed by atoms with van der Waals surface area (Å²) in [6.07, 6.45) is -4.42. The van der Waals surface area contributed by atoms with Crippen molar-refractivity contribution in [2.24, 2.45) is 0 Å². The summed E-state index contributed by atoms with van der Waals surface area (Å²) in [5.74, 6) is -0.649. The van der Waals surface area contributed by atoms with E-state index in [1.807, 2.05) is 0 Å². The van der Waals surface area contributed by atoms with E-state index in [-0.39, 0.29) is 24.7 Å². The van der Waals surface area contributed by atoms with E-state index in [1.54, 1.807) is 32.0 Å². The SMILES string of the molecule is CC(C)(CNC(=O)COc1ccc(C(F)(F)F)cc1)c1ccccc1F. The molecule has 2 aromatic carbocycles. The minimum Gasteiger partial charge on any atom is -0.484 e. The maximum atomic E-state index is 13.9. The van der Waals surface area contributed by atoms with Crippen molar-refractivity contribution in [3.8, 4) is 5.75 Å². The number of alkyl halides is 3. The Balaban J connectivity index is 1.86. The molecule has 0 atom stereocenters. The van der Waals surface area contributed by atoms with Crippen LogP contribution >= 0.6 is 0 Å². The normalized spacial score (nSPS) is 11.9. The Morgan fingerprint density at radius 1 is 1.04 bits per heavy atom. The number of carbonyl (C=O) groups excluding carboxylic acids is 1. The lowest BCUT2D eigenvalue weighted by molar-refractivity contribution is -0.137. The lowest BCUT2D eigenvalue weighted by Crippen LogP contribution is -2.39. The number of nitrogens with one attached hydrogen (secondary N) is 1. The van der Waals surface area contributed by atoms with Crippen molar-refractivity contribution >= 4 is 5.91 Å². The molecular weight excluding hydrogens is 350 g/mol. The number of hydrogen-bond donors (Lipinski definition) is 1. The first-order valence-electron chi connectivity index (χ1n) is 7.91. The van der Waals surface area contributed by atoms with Crippen LogP contribution in [0.15, 0.2) is 48.5 Å². The fraction of sp³-hybridized carbons (Fsp3) is 0.316. The number of carbonyl (C=O) groups is 1. The van der Waals surface area contributed by atoms with Gasteiger partial charge in [-0.2, -0.15) is 13.2 Å². The largest absolute Gasteiger partial charge is 0.484 e. The molecule has 1 N–H and O–H groups in total. The van der Waals surface area contributed by atoms with E-state index in [4.69, 9.17) is 4.74 Å². The number of halogens is 4. The van der Waals surface area contributed by atoms with Gasteiger partial charge in [-0.3, -0.25) is 4.79 Å². The van der Waals surface area contributed by atoms with Crippen LogP contribution in [0.5, 0.6) is 5.75 Å². The molecule has 7 heteroatoms. The van der Waals surface area contributed by atoms with Crippen LogP contribution in [0.25, 0.3) is 0 Å². The summed E-state index contributed by atoms with van der Waals surface area (Å²) in [7, 11) is 0. The number of hydrogen-bond acceptors (Lipinski definition) is 2. The van der Waals surface area contributed by atoms with Crippen LogP contribution in [0.3, 0.4) is 0 Å². The van der Waals surface area contributed by atoms with Gasteiger partial charge in [-0.05, 0) is 35.9 Å². The molecule has 1 amide bonds. The van der Waals surface area contributed by atoms with Crippen molar-refractivity contribution in [3.63, 3.8) is 0 Å². The van der Waals surface area contributed by atoms with Crippen LogP contribution in [-0.2, 0) is 16.4 Å². The Morgan fingerprint density at radius 3 is 2.23 bits per heavy atom. The van der Waals surface area contributed by atoms with Gasteiger partial charge in [-0.25, -0.2) is 4.39 Å². The molecule has 2 aromatic rings. The van der Waals surface area contributed by atoms with Crippen LogP contribution < -0.4 is 10.1 Å². The topological polar surface area (TPSA) is 38.3 Å². The monoisotopic (exact) mass is 369 g/mol. The van der Waals surface area contributed by atoms with Gasteiger partial charge in [-0.15, -0.1) is 0 Å². The van der Waals surface area contributed by atoms with Crippen molar-refractivity contribution in [2.75, 3.05) is 13.2 Å². The Kier molecular flexibility index (Phi) is 5.90. The predicted molar refractivity (Wildman–Crippen MR) is 89.4 cm³/mol. The van der Waals surface area contributed by atoms with E-state index >= 15 is 0 Å². The van der Waals surface area contributed by atoms with Crippen molar-refractivity contribution in [2.45, 2.75) is 25.4 Å². The van der Waals surface area contributed by atoms with Crippen LogP contribution in [0.4, 0.5) is 17.6 Å². The van der Waals surface area contributed by atoms with Crippen molar-refractivity contribution in [1.29, 1.82) is 0 Å².